The summed E-state index contributed by atoms with van der Waals surface area (Å²) in [5.41, 5.74) is 0.867. The normalized spacial score (nSPS) is 14.3. The monoisotopic (exact) mass is 422 g/mol. The number of hydrogen-bond donors (Lipinski definition) is 1. The first-order valence-corrected chi connectivity index (χ1v) is 10.1. The highest BCUT2D eigenvalue weighted by atomic mass is 19.1. The lowest BCUT2D eigenvalue weighted by Crippen LogP contribution is -2.39. The van der Waals surface area contributed by atoms with Gasteiger partial charge in [0.2, 0.25) is 5.91 Å². The van der Waals surface area contributed by atoms with Gasteiger partial charge in [-0.05, 0) is 55.3 Å². The molecule has 160 valence electrons. The zero-order valence-electron chi connectivity index (χ0n) is 17.1. The number of anilines is 2. The highest BCUT2D eigenvalue weighted by molar-refractivity contribution is 5.94. The van der Waals surface area contributed by atoms with Gasteiger partial charge in [-0.15, -0.1) is 5.10 Å². The molecule has 0 unspecified atom stereocenters. The van der Waals surface area contributed by atoms with Crippen LogP contribution in [0.3, 0.4) is 0 Å². The molecule has 2 heterocycles. The molecule has 0 saturated carbocycles. The summed E-state index contributed by atoms with van der Waals surface area (Å²) < 4.78 is 19.8. The van der Waals surface area contributed by atoms with Crippen LogP contribution in [0.5, 0.6) is 5.75 Å². The number of piperidine rings is 1. The fourth-order valence-electron chi connectivity index (χ4n) is 3.69. The molecule has 1 fully saturated rings. The van der Waals surface area contributed by atoms with Gasteiger partial charge < -0.3 is 15.0 Å². The van der Waals surface area contributed by atoms with Crippen LogP contribution in [0, 0.1) is 11.7 Å². The van der Waals surface area contributed by atoms with Crippen molar-refractivity contribution < 1.29 is 13.9 Å². The predicted octanol–water partition coefficient (Wildman–Crippen LogP) is 3.24. The van der Waals surface area contributed by atoms with E-state index in [1.807, 2.05) is 23.1 Å². The zero-order valence-corrected chi connectivity index (χ0v) is 17.1. The van der Waals surface area contributed by atoms with Gasteiger partial charge in [-0.3, -0.25) is 9.59 Å². The molecular weight excluding hydrogens is 399 g/mol. The summed E-state index contributed by atoms with van der Waals surface area (Å²) in [6.45, 7) is 1.28. The van der Waals surface area contributed by atoms with Crippen molar-refractivity contribution >= 4 is 17.4 Å². The quantitative estimate of drug-likeness (QED) is 0.683. The summed E-state index contributed by atoms with van der Waals surface area (Å²) in [5.74, 6) is 0.743. The van der Waals surface area contributed by atoms with E-state index in [9.17, 15) is 14.0 Å². The van der Waals surface area contributed by atoms with E-state index >= 15 is 0 Å². The number of carbonyl (C=O) groups excluding carboxylic acids is 1. The van der Waals surface area contributed by atoms with Crippen molar-refractivity contribution in [1.82, 2.24) is 9.78 Å². The van der Waals surface area contributed by atoms with Crippen LogP contribution in [0.1, 0.15) is 12.8 Å². The highest BCUT2D eigenvalue weighted by Crippen LogP contribution is 2.26. The Bertz CT molecular complexity index is 1120. The van der Waals surface area contributed by atoms with Crippen LogP contribution < -0.4 is 20.5 Å². The van der Waals surface area contributed by atoms with Gasteiger partial charge in [0.1, 0.15) is 17.4 Å². The average molecular weight is 422 g/mol. The molecule has 1 aliphatic rings. The van der Waals surface area contributed by atoms with E-state index in [0.29, 0.717) is 48.9 Å². The van der Waals surface area contributed by atoms with Gasteiger partial charge in [0.15, 0.2) is 0 Å². The molecule has 3 aromatic rings. The molecule has 0 bridgehead atoms. The van der Waals surface area contributed by atoms with E-state index in [1.54, 1.807) is 19.2 Å². The molecular formula is C23H23FN4O3. The number of para-hydroxylation sites is 2. The standard InChI is InChI=1S/C23H23FN4O3/c1-31-20-5-3-2-4-19(20)25-23(30)16-12-14-27(15-13-16)21-10-11-22(29)28(26-21)18-8-6-17(24)7-9-18/h2-11,16H,12-15H2,1H3,(H,25,30). The zero-order chi connectivity index (χ0) is 21.8. The number of amides is 1. The Morgan fingerprint density at radius 2 is 1.77 bits per heavy atom. The summed E-state index contributed by atoms with van der Waals surface area (Å²) in [7, 11) is 1.57. The molecule has 4 rings (SSSR count). The van der Waals surface area contributed by atoms with Crippen molar-refractivity contribution in [2.75, 3.05) is 30.4 Å². The Labute approximate surface area is 179 Å². The Morgan fingerprint density at radius 3 is 2.48 bits per heavy atom. The lowest BCUT2D eigenvalue weighted by Gasteiger charge is -2.32. The molecule has 8 heteroatoms. The minimum Gasteiger partial charge on any atom is -0.495 e. The van der Waals surface area contributed by atoms with Crippen LogP contribution in [-0.4, -0.2) is 35.9 Å². The van der Waals surface area contributed by atoms with Crippen LogP contribution in [-0.2, 0) is 4.79 Å². The van der Waals surface area contributed by atoms with Gasteiger partial charge in [-0.25, -0.2) is 4.39 Å². The number of rotatable bonds is 5. The Balaban J connectivity index is 1.43. The molecule has 0 spiro atoms. The number of hydrogen-bond acceptors (Lipinski definition) is 5. The van der Waals surface area contributed by atoms with Gasteiger partial charge >= 0.3 is 0 Å². The van der Waals surface area contributed by atoms with E-state index in [4.69, 9.17) is 4.74 Å². The molecule has 1 aliphatic heterocycles. The molecule has 0 aliphatic carbocycles. The first kappa shape index (κ1) is 20.6. The molecule has 1 N–H and O–H groups in total. The van der Waals surface area contributed by atoms with Crippen molar-refractivity contribution in [3.8, 4) is 11.4 Å². The molecule has 31 heavy (non-hydrogen) atoms. The SMILES string of the molecule is COc1ccccc1NC(=O)C1CCN(c2ccc(=O)n(-c3ccc(F)cc3)n2)CC1. The summed E-state index contributed by atoms with van der Waals surface area (Å²) in [6, 6.07) is 16.1. The topological polar surface area (TPSA) is 76.5 Å². The van der Waals surface area contributed by atoms with E-state index in [2.05, 4.69) is 10.4 Å². The Hall–Kier alpha value is -3.68. The number of methoxy groups -OCH3 is 1. The minimum absolute atomic E-state index is 0.0339. The summed E-state index contributed by atoms with van der Waals surface area (Å²) in [6.07, 6.45) is 1.33. The van der Waals surface area contributed by atoms with Crippen molar-refractivity contribution in [3.05, 3.63) is 76.8 Å². The number of nitrogens with zero attached hydrogens (tertiary/aromatic N) is 3. The number of nitrogens with one attached hydrogen (secondary N) is 1. The largest absolute Gasteiger partial charge is 0.495 e. The van der Waals surface area contributed by atoms with Crippen LogP contribution in [0.15, 0.2) is 65.5 Å². The van der Waals surface area contributed by atoms with Crippen LogP contribution >= 0.6 is 0 Å². The first-order valence-electron chi connectivity index (χ1n) is 10.1. The average Bonchev–Trinajstić information content (AvgIpc) is 2.80. The maximum absolute atomic E-state index is 13.2. The maximum atomic E-state index is 13.2. The Kier molecular flexibility index (Phi) is 5.97. The molecule has 0 radical (unpaired) electrons. The third-order valence-corrected chi connectivity index (χ3v) is 5.41. The van der Waals surface area contributed by atoms with E-state index < -0.39 is 0 Å². The van der Waals surface area contributed by atoms with Crippen molar-refractivity contribution in [2.24, 2.45) is 5.92 Å². The summed E-state index contributed by atoms with van der Waals surface area (Å²) in [5, 5.41) is 7.40. The second kappa shape index (κ2) is 8.99. The minimum atomic E-state index is -0.374. The maximum Gasteiger partial charge on any atom is 0.271 e. The number of carbonyl (C=O) groups is 1. The molecule has 0 atom stereocenters. The van der Waals surface area contributed by atoms with Crippen molar-refractivity contribution in [3.63, 3.8) is 0 Å². The first-order chi connectivity index (χ1) is 15.0. The van der Waals surface area contributed by atoms with Crippen LogP contribution in [0.2, 0.25) is 0 Å². The molecule has 7 nitrogen and oxygen atoms in total. The summed E-state index contributed by atoms with van der Waals surface area (Å²) >= 11 is 0. The third-order valence-electron chi connectivity index (χ3n) is 5.41. The van der Waals surface area contributed by atoms with E-state index in [0.717, 1.165) is 0 Å². The fraction of sp³-hybridized carbons (Fsp3) is 0.261. The smallest absolute Gasteiger partial charge is 0.271 e. The van der Waals surface area contributed by atoms with Crippen LogP contribution in [0.4, 0.5) is 15.9 Å². The van der Waals surface area contributed by atoms with Crippen LogP contribution in [0.25, 0.3) is 5.69 Å². The lowest BCUT2D eigenvalue weighted by molar-refractivity contribution is -0.120. The fourth-order valence-corrected chi connectivity index (χ4v) is 3.69. The molecule has 1 amide bonds. The van der Waals surface area contributed by atoms with Crippen molar-refractivity contribution in [1.29, 1.82) is 0 Å². The van der Waals surface area contributed by atoms with Gasteiger partial charge in [0, 0.05) is 25.1 Å². The van der Waals surface area contributed by atoms with E-state index in [1.165, 1.54) is 35.0 Å². The highest BCUT2D eigenvalue weighted by Gasteiger charge is 2.26. The summed E-state index contributed by atoms with van der Waals surface area (Å²) in [4.78, 5) is 27.0. The van der Waals surface area contributed by atoms with Gasteiger partial charge in [0.05, 0.1) is 18.5 Å². The third kappa shape index (κ3) is 4.58. The number of ether oxygens (including phenoxy) is 1. The Morgan fingerprint density at radius 1 is 1.06 bits per heavy atom. The van der Waals surface area contributed by atoms with Gasteiger partial charge in [-0.2, -0.15) is 4.68 Å². The van der Waals surface area contributed by atoms with Gasteiger partial charge in [0.25, 0.3) is 5.56 Å². The van der Waals surface area contributed by atoms with E-state index in [-0.39, 0.29) is 23.2 Å². The molecule has 1 aromatic heterocycles. The molecule has 1 saturated heterocycles. The van der Waals surface area contributed by atoms with Gasteiger partial charge in [-0.1, -0.05) is 12.1 Å². The second-order valence-electron chi connectivity index (χ2n) is 7.37. The number of aromatic nitrogens is 2. The molecule has 2 aromatic carbocycles. The predicted molar refractivity (Wildman–Crippen MR) is 116 cm³/mol. The number of benzene rings is 2. The second-order valence-corrected chi connectivity index (χ2v) is 7.37. The number of halogens is 1. The van der Waals surface area contributed by atoms with Crippen molar-refractivity contribution in [2.45, 2.75) is 12.8 Å². The lowest BCUT2D eigenvalue weighted by atomic mass is 9.95.